The molecular formula is C22H30F5N3. The summed E-state index contributed by atoms with van der Waals surface area (Å²) < 4.78 is 72.2. The van der Waals surface area contributed by atoms with Crippen LogP contribution < -0.4 is 0 Å². The SMILES string of the molecule is CCc1c(C(F)(F)CC(C)CC)n(CCN2CCCC2)c2cnc(C(F)(F)F)cc12. The van der Waals surface area contributed by atoms with Crippen LogP contribution in [0.4, 0.5) is 22.0 Å². The molecule has 0 saturated carbocycles. The molecule has 3 nitrogen and oxygen atoms in total. The van der Waals surface area contributed by atoms with Crippen molar-refractivity contribution in [2.75, 3.05) is 19.6 Å². The van der Waals surface area contributed by atoms with Crippen molar-refractivity contribution in [3.8, 4) is 0 Å². The smallest absolute Gasteiger partial charge is 0.337 e. The van der Waals surface area contributed by atoms with Gasteiger partial charge in [0.2, 0.25) is 0 Å². The van der Waals surface area contributed by atoms with E-state index in [2.05, 4.69) is 9.88 Å². The Balaban J connectivity index is 2.14. The molecule has 2 aromatic heterocycles. The fourth-order valence-corrected chi connectivity index (χ4v) is 4.41. The number of nitrogens with zero attached hydrogens (tertiary/aromatic N) is 3. The number of fused-ring (bicyclic) bond motifs is 1. The molecule has 0 spiro atoms. The zero-order valence-corrected chi connectivity index (χ0v) is 17.8. The Morgan fingerprint density at radius 1 is 1.07 bits per heavy atom. The lowest BCUT2D eigenvalue weighted by molar-refractivity contribution is -0.141. The largest absolute Gasteiger partial charge is 0.433 e. The van der Waals surface area contributed by atoms with Gasteiger partial charge in [-0.3, -0.25) is 0 Å². The van der Waals surface area contributed by atoms with Crippen LogP contribution >= 0.6 is 0 Å². The second-order valence-corrected chi connectivity index (χ2v) is 8.39. The first-order valence-electron chi connectivity index (χ1n) is 10.8. The van der Waals surface area contributed by atoms with Gasteiger partial charge in [-0.1, -0.05) is 27.2 Å². The van der Waals surface area contributed by atoms with Crippen LogP contribution in [0.3, 0.4) is 0 Å². The van der Waals surface area contributed by atoms with Gasteiger partial charge in [-0.25, -0.2) is 4.98 Å². The summed E-state index contributed by atoms with van der Waals surface area (Å²) in [5.74, 6) is -3.32. The molecule has 1 aliphatic heterocycles. The Kier molecular flexibility index (Phi) is 6.75. The Hall–Kier alpha value is -1.70. The quantitative estimate of drug-likeness (QED) is 0.461. The predicted molar refractivity (Wildman–Crippen MR) is 108 cm³/mol. The molecule has 30 heavy (non-hydrogen) atoms. The molecule has 0 aromatic carbocycles. The maximum atomic E-state index is 15.5. The molecule has 3 rings (SSSR count). The van der Waals surface area contributed by atoms with Crippen molar-refractivity contribution >= 4 is 10.9 Å². The Morgan fingerprint density at radius 3 is 2.30 bits per heavy atom. The highest BCUT2D eigenvalue weighted by Crippen LogP contribution is 2.42. The van der Waals surface area contributed by atoms with Crippen molar-refractivity contribution in [2.24, 2.45) is 5.92 Å². The third-order valence-electron chi connectivity index (χ3n) is 6.19. The number of aromatic nitrogens is 2. The van der Waals surface area contributed by atoms with Gasteiger partial charge in [0.15, 0.2) is 0 Å². The van der Waals surface area contributed by atoms with Crippen molar-refractivity contribution in [2.45, 2.75) is 71.5 Å². The minimum absolute atomic E-state index is 0.138. The molecule has 1 saturated heterocycles. The summed E-state index contributed by atoms with van der Waals surface area (Å²) in [7, 11) is 0. The van der Waals surface area contributed by atoms with Gasteiger partial charge < -0.3 is 9.47 Å². The summed E-state index contributed by atoms with van der Waals surface area (Å²) in [4.78, 5) is 5.78. The monoisotopic (exact) mass is 431 g/mol. The first kappa shape index (κ1) is 23.0. The third kappa shape index (κ3) is 4.63. The van der Waals surface area contributed by atoms with Crippen LogP contribution in [0, 0.1) is 5.92 Å². The summed E-state index contributed by atoms with van der Waals surface area (Å²) in [5.41, 5.74) is -0.524. The average molecular weight is 431 g/mol. The summed E-state index contributed by atoms with van der Waals surface area (Å²) >= 11 is 0. The molecular weight excluding hydrogens is 401 g/mol. The lowest BCUT2D eigenvalue weighted by atomic mass is 9.95. The van der Waals surface area contributed by atoms with Gasteiger partial charge in [-0.05, 0) is 49.9 Å². The Bertz CT molecular complexity index is 866. The van der Waals surface area contributed by atoms with Crippen molar-refractivity contribution in [3.05, 3.63) is 29.2 Å². The molecule has 1 fully saturated rings. The first-order chi connectivity index (χ1) is 14.1. The van der Waals surface area contributed by atoms with Gasteiger partial charge >= 0.3 is 6.18 Å². The molecule has 168 valence electrons. The lowest BCUT2D eigenvalue weighted by Crippen LogP contribution is -2.28. The van der Waals surface area contributed by atoms with Gasteiger partial charge in [0.25, 0.3) is 5.92 Å². The van der Waals surface area contributed by atoms with Crippen LogP contribution in [0.15, 0.2) is 12.3 Å². The zero-order valence-electron chi connectivity index (χ0n) is 17.8. The number of halogens is 5. The van der Waals surface area contributed by atoms with E-state index in [1.54, 1.807) is 13.8 Å². The van der Waals surface area contributed by atoms with E-state index < -0.39 is 17.8 Å². The van der Waals surface area contributed by atoms with Gasteiger partial charge in [-0.2, -0.15) is 22.0 Å². The zero-order chi connectivity index (χ0) is 22.1. The van der Waals surface area contributed by atoms with E-state index >= 15 is 8.78 Å². The molecule has 0 N–H and O–H groups in total. The van der Waals surface area contributed by atoms with E-state index in [-0.39, 0.29) is 29.8 Å². The van der Waals surface area contributed by atoms with E-state index in [1.165, 1.54) is 4.57 Å². The molecule has 1 aliphatic rings. The molecule has 1 unspecified atom stereocenters. The number of pyridine rings is 1. The second-order valence-electron chi connectivity index (χ2n) is 8.39. The van der Waals surface area contributed by atoms with E-state index in [1.807, 2.05) is 6.92 Å². The topological polar surface area (TPSA) is 21.1 Å². The van der Waals surface area contributed by atoms with Crippen LogP contribution in [0.2, 0.25) is 0 Å². The lowest BCUT2D eigenvalue weighted by Gasteiger charge is -2.25. The number of aryl methyl sites for hydroxylation is 1. The fourth-order valence-electron chi connectivity index (χ4n) is 4.41. The van der Waals surface area contributed by atoms with Crippen LogP contribution in [-0.2, 0) is 25.1 Å². The summed E-state index contributed by atoms with van der Waals surface area (Å²) in [5, 5.41) is 0.236. The van der Waals surface area contributed by atoms with Crippen molar-refractivity contribution in [1.29, 1.82) is 0 Å². The van der Waals surface area contributed by atoms with Crippen molar-refractivity contribution < 1.29 is 22.0 Å². The molecule has 0 amide bonds. The normalized spacial score (nSPS) is 17.2. The molecule has 0 aliphatic carbocycles. The van der Waals surface area contributed by atoms with Gasteiger partial charge in [-0.15, -0.1) is 0 Å². The molecule has 2 aromatic rings. The maximum absolute atomic E-state index is 15.5. The standard InChI is InChI=1S/C22H30F5N3/c1-4-15(3)13-21(23,24)20-16(5-2)17-12-19(22(25,26)27)28-14-18(17)30(20)11-10-29-8-6-7-9-29/h12,14-15H,4-11,13H2,1-3H3. The van der Waals surface area contributed by atoms with E-state index in [0.29, 0.717) is 30.6 Å². The molecule has 3 heterocycles. The second kappa shape index (κ2) is 8.81. The number of hydrogen-bond acceptors (Lipinski definition) is 2. The number of hydrogen-bond donors (Lipinski definition) is 0. The highest BCUT2D eigenvalue weighted by Gasteiger charge is 2.40. The maximum Gasteiger partial charge on any atom is 0.433 e. The van der Waals surface area contributed by atoms with Gasteiger partial charge in [0.05, 0.1) is 17.4 Å². The minimum Gasteiger partial charge on any atom is -0.337 e. The van der Waals surface area contributed by atoms with Gasteiger partial charge in [0.1, 0.15) is 5.69 Å². The molecule has 8 heteroatoms. The van der Waals surface area contributed by atoms with Crippen LogP contribution in [-0.4, -0.2) is 34.1 Å². The molecule has 0 bridgehead atoms. The number of rotatable bonds is 8. The Labute approximate surface area is 174 Å². The average Bonchev–Trinajstić information content (AvgIpc) is 3.30. The fraction of sp³-hybridized carbons (Fsp3) is 0.682. The molecule has 1 atom stereocenters. The summed E-state index contributed by atoms with van der Waals surface area (Å²) in [6, 6.07) is 0.934. The summed E-state index contributed by atoms with van der Waals surface area (Å²) in [6.45, 7) is 8.12. The first-order valence-corrected chi connectivity index (χ1v) is 10.8. The van der Waals surface area contributed by atoms with Crippen LogP contribution in [0.1, 0.15) is 63.4 Å². The highest BCUT2D eigenvalue weighted by molar-refractivity contribution is 5.85. The van der Waals surface area contributed by atoms with E-state index in [0.717, 1.165) is 38.2 Å². The number of likely N-dealkylation sites (tertiary alicyclic amines) is 1. The van der Waals surface area contributed by atoms with Crippen molar-refractivity contribution in [3.63, 3.8) is 0 Å². The van der Waals surface area contributed by atoms with E-state index in [4.69, 9.17) is 0 Å². The number of alkyl halides is 5. The minimum atomic E-state index is -4.61. The molecule has 0 radical (unpaired) electrons. The van der Waals surface area contributed by atoms with Crippen molar-refractivity contribution in [1.82, 2.24) is 14.5 Å². The van der Waals surface area contributed by atoms with Crippen LogP contribution in [0.5, 0.6) is 0 Å². The third-order valence-corrected chi connectivity index (χ3v) is 6.19. The predicted octanol–water partition coefficient (Wildman–Crippen LogP) is 6.24. The summed E-state index contributed by atoms with van der Waals surface area (Å²) in [6.07, 6.45) is -0.804. The van der Waals surface area contributed by atoms with Crippen LogP contribution in [0.25, 0.3) is 10.9 Å². The highest BCUT2D eigenvalue weighted by atomic mass is 19.4. The van der Waals surface area contributed by atoms with Gasteiger partial charge in [0, 0.05) is 24.9 Å². The Morgan fingerprint density at radius 2 is 1.73 bits per heavy atom. The van der Waals surface area contributed by atoms with E-state index in [9.17, 15) is 13.2 Å².